The van der Waals surface area contributed by atoms with Crippen LogP contribution in [0.4, 0.5) is 17.1 Å². The first kappa shape index (κ1) is 30.4. The molecule has 0 radical (unpaired) electrons. The number of nitrogens with zero attached hydrogens (tertiary/aromatic N) is 1. The molecule has 8 aromatic rings. The van der Waals surface area contributed by atoms with Gasteiger partial charge in [0.05, 0.1) is 11.1 Å². The SMILES string of the molecule is Cc1ccc2c(c1)C1(c3cc(C)ccc3-2)c2ccccc2-c2cccc(N(c3ccc(-c4ccccc4)cc3)c3ccc(-c4ccccc4)cc3)c21. The van der Waals surface area contributed by atoms with E-state index in [9.17, 15) is 0 Å². The predicted octanol–water partition coefficient (Wildman–Crippen LogP) is 13.5. The van der Waals surface area contributed by atoms with Gasteiger partial charge in [-0.25, -0.2) is 0 Å². The topological polar surface area (TPSA) is 3.24 Å². The van der Waals surface area contributed by atoms with Gasteiger partial charge in [-0.1, -0.05) is 169 Å². The van der Waals surface area contributed by atoms with Gasteiger partial charge in [-0.3, -0.25) is 0 Å². The Labute approximate surface area is 306 Å². The lowest BCUT2D eigenvalue weighted by atomic mass is 9.69. The predicted molar refractivity (Wildman–Crippen MR) is 218 cm³/mol. The highest BCUT2D eigenvalue weighted by Crippen LogP contribution is 2.65. The molecule has 0 aromatic heterocycles. The standard InChI is InChI=1S/C51H37N/c1-34-20-30-43-44-31-21-35(2)33-48(44)51(47(43)32-34)46-18-10-9-16-42(46)45-17-11-19-49(50(45)51)52(40-26-22-38(23-27-40)36-12-5-3-6-13-36)41-28-24-39(25-29-41)37-14-7-4-8-15-37/h3-33H,1-2H3. The van der Waals surface area contributed by atoms with Gasteiger partial charge in [0.15, 0.2) is 0 Å². The third-order valence-electron chi connectivity index (χ3n) is 11.2. The van der Waals surface area contributed by atoms with Crippen molar-refractivity contribution in [2.45, 2.75) is 19.3 Å². The summed E-state index contributed by atoms with van der Waals surface area (Å²) >= 11 is 0. The van der Waals surface area contributed by atoms with Crippen molar-refractivity contribution in [1.29, 1.82) is 0 Å². The van der Waals surface area contributed by atoms with Crippen LogP contribution in [-0.2, 0) is 5.41 Å². The van der Waals surface area contributed by atoms with E-state index in [4.69, 9.17) is 0 Å². The lowest BCUT2D eigenvalue weighted by Crippen LogP contribution is -2.28. The molecule has 10 rings (SSSR count). The highest BCUT2D eigenvalue weighted by Gasteiger charge is 2.53. The van der Waals surface area contributed by atoms with Gasteiger partial charge in [0.1, 0.15) is 0 Å². The van der Waals surface area contributed by atoms with E-state index < -0.39 is 5.41 Å². The van der Waals surface area contributed by atoms with Crippen LogP contribution in [0.1, 0.15) is 33.4 Å². The molecule has 0 bridgehead atoms. The van der Waals surface area contributed by atoms with Crippen LogP contribution in [0.2, 0.25) is 0 Å². The van der Waals surface area contributed by atoms with E-state index in [1.54, 1.807) is 0 Å². The van der Waals surface area contributed by atoms with Crippen molar-refractivity contribution in [3.8, 4) is 44.5 Å². The normalized spacial score (nSPS) is 13.0. The summed E-state index contributed by atoms with van der Waals surface area (Å²) in [5.41, 5.74) is 21.0. The van der Waals surface area contributed by atoms with Crippen LogP contribution in [0.25, 0.3) is 44.5 Å². The second kappa shape index (κ2) is 11.8. The first-order valence-corrected chi connectivity index (χ1v) is 18.2. The zero-order chi connectivity index (χ0) is 34.8. The van der Waals surface area contributed by atoms with Crippen molar-refractivity contribution < 1.29 is 0 Å². The number of anilines is 3. The third kappa shape index (κ3) is 4.49. The van der Waals surface area contributed by atoms with Crippen LogP contribution in [0.5, 0.6) is 0 Å². The molecular formula is C51H37N. The summed E-state index contributed by atoms with van der Waals surface area (Å²) in [5.74, 6) is 0. The highest BCUT2D eigenvalue weighted by molar-refractivity contribution is 6.00. The lowest BCUT2D eigenvalue weighted by molar-refractivity contribution is 0.791. The fraction of sp³-hybridized carbons (Fsp3) is 0.0588. The average molecular weight is 664 g/mol. The van der Waals surface area contributed by atoms with Crippen molar-refractivity contribution in [1.82, 2.24) is 0 Å². The van der Waals surface area contributed by atoms with Crippen molar-refractivity contribution in [3.05, 3.63) is 221 Å². The Morgan fingerprint density at radius 3 is 1.33 bits per heavy atom. The Morgan fingerprint density at radius 1 is 0.346 bits per heavy atom. The molecule has 52 heavy (non-hydrogen) atoms. The summed E-state index contributed by atoms with van der Waals surface area (Å²) < 4.78 is 0. The molecule has 2 aliphatic carbocycles. The molecule has 0 fully saturated rings. The molecule has 0 heterocycles. The van der Waals surface area contributed by atoms with Gasteiger partial charge in [0.25, 0.3) is 0 Å². The zero-order valence-electron chi connectivity index (χ0n) is 29.3. The molecule has 246 valence electrons. The van der Waals surface area contributed by atoms with Crippen molar-refractivity contribution in [2.75, 3.05) is 4.90 Å². The van der Waals surface area contributed by atoms with E-state index in [0.29, 0.717) is 0 Å². The van der Waals surface area contributed by atoms with Crippen molar-refractivity contribution >= 4 is 17.1 Å². The first-order valence-electron chi connectivity index (χ1n) is 18.2. The van der Waals surface area contributed by atoms with Gasteiger partial charge >= 0.3 is 0 Å². The van der Waals surface area contributed by atoms with Crippen molar-refractivity contribution in [2.24, 2.45) is 0 Å². The molecule has 1 nitrogen and oxygen atoms in total. The first-order chi connectivity index (χ1) is 25.6. The molecule has 1 heteroatoms. The molecule has 8 aromatic carbocycles. The third-order valence-corrected chi connectivity index (χ3v) is 11.2. The molecule has 1 spiro atoms. The van der Waals surface area contributed by atoms with E-state index in [1.807, 2.05) is 0 Å². The van der Waals surface area contributed by atoms with Crippen LogP contribution in [-0.4, -0.2) is 0 Å². The van der Waals surface area contributed by atoms with E-state index >= 15 is 0 Å². The number of hydrogen-bond donors (Lipinski definition) is 0. The largest absolute Gasteiger partial charge is 0.310 e. The van der Waals surface area contributed by atoms with Gasteiger partial charge in [-0.05, 0) is 105 Å². The van der Waals surface area contributed by atoms with E-state index in [2.05, 4.69) is 207 Å². The number of rotatable bonds is 5. The summed E-state index contributed by atoms with van der Waals surface area (Å²) in [5, 5.41) is 0. The van der Waals surface area contributed by atoms with Gasteiger partial charge in [0, 0.05) is 16.9 Å². The minimum atomic E-state index is -0.475. The summed E-state index contributed by atoms with van der Waals surface area (Å²) in [6, 6.07) is 69.6. The minimum absolute atomic E-state index is 0.475. The average Bonchev–Trinajstić information content (AvgIpc) is 3.66. The summed E-state index contributed by atoms with van der Waals surface area (Å²) in [4.78, 5) is 2.49. The number of hydrogen-bond acceptors (Lipinski definition) is 1. The van der Waals surface area contributed by atoms with Crippen LogP contribution in [0.15, 0.2) is 188 Å². The number of fused-ring (bicyclic) bond motifs is 10. The fourth-order valence-electron chi connectivity index (χ4n) is 8.93. The quantitative estimate of drug-likeness (QED) is 0.177. The molecule has 0 amide bonds. The van der Waals surface area contributed by atoms with Gasteiger partial charge < -0.3 is 4.90 Å². The summed E-state index contributed by atoms with van der Waals surface area (Å²) in [7, 11) is 0. The fourth-order valence-corrected chi connectivity index (χ4v) is 8.93. The molecule has 0 saturated heterocycles. The molecule has 0 atom stereocenters. The maximum Gasteiger partial charge on any atom is 0.0746 e. The minimum Gasteiger partial charge on any atom is -0.310 e. The smallest absolute Gasteiger partial charge is 0.0746 e. The monoisotopic (exact) mass is 663 g/mol. The lowest BCUT2D eigenvalue weighted by Gasteiger charge is -2.36. The Bertz CT molecular complexity index is 2480. The Balaban J connectivity index is 1.26. The van der Waals surface area contributed by atoms with Crippen LogP contribution < -0.4 is 4.90 Å². The van der Waals surface area contributed by atoms with Crippen LogP contribution in [0, 0.1) is 13.8 Å². The van der Waals surface area contributed by atoms with Crippen LogP contribution >= 0.6 is 0 Å². The summed E-state index contributed by atoms with van der Waals surface area (Å²) in [6.45, 7) is 4.45. The molecule has 0 unspecified atom stereocenters. The maximum atomic E-state index is 2.49. The Kier molecular flexibility index (Phi) is 6.91. The molecule has 0 saturated carbocycles. The van der Waals surface area contributed by atoms with Crippen molar-refractivity contribution in [3.63, 3.8) is 0 Å². The van der Waals surface area contributed by atoms with Gasteiger partial charge in [-0.15, -0.1) is 0 Å². The molecule has 2 aliphatic rings. The van der Waals surface area contributed by atoms with Gasteiger partial charge in [-0.2, -0.15) is 0 Å². The second-order valence-electron chi connectivity index (χ2n) is 14.3. The van der Waals surface area contributed by atoms with E-state index in [0.717, 1.165) is 11.4 Å². The van der Waals surface area contributed by atoms with E-state index in [1.165, 1.54) is 83.6 Å². The molecule has 0 aliphatic heterocycles. The van der Waals surface area contributed by atoms with E-state index in [-0.39, 0.29) is 0 Å². The Hall–Kier alpha value is -6.44. The number of aryl methyl sites for hydroxylation is 2. The second-order valence-corrected chi connectivity index (χ2v) is 14.3. The molecular weight excluding hydrogens is 627 g/mol. The Morgan fingerprint density at radius 2 is 0.788 bits per heavy atom. The van der Waals surface area contributed by atoms with Crippen LogP contribution in [0.3, 0.4) is 0 Å². The van der Waals surface area contributed by atoms with Gasteiger partial charge in [0.2, 0.25) is 0 Å². The maximum absolute atomic E-state index is 2.49. The molecule has 0 N–H and O–H groups in total. The zero-order valence-corrected chi connectivity index (χ0v) is 29.3. The highest BCUT2D eigenvalue weighted by atomic mass is 15.1. The summed E-state index contributed by atoms with van der Waals surface area (Å²) in [6.07, 6.45) is 0. The number of benzene rings is 8.